The summed E-state index contributed by atoms with van der Waals surface area (Å²) < 4.78 is 21.0. The molecule has 0 saturated carbocycles. The largest absolute Gasteiger partial charge is 0.504 e. The van der Waals surface area contributed by atoms with Gasteiger partial charge in [0, 0.05) is 5.57 Å². The van der Waals surface area contributed by atoms with Crippen LogP contribution in [0.5, 0.6) is 11.5 Å². The minimum absolute atomic E-state index is 0.0870. The Morgan fingerprint density at radius 3 is 2.53 bits per heavy atom. The van der Waals surface area contributed by atoms with Crippen molar-refractivity contribution in [2.45, 2.75) is 75.2 Å². The molecule has 38 heavy (non-hydrogen) atoms. The molecule has 0 radical (unpaired) electrons. The lowest BCUT2D eigenvalue weighted by Gasteiger charge is -2.40. The number of allylic oxidation sites excluding steroid dienone is 1. The number of aliphatic hydroxyl groups excluding tert-OH is 5. The van der Waals surface area contributed by atoms with E-state index in [4.69, 9.17) is 18.9 Å². The van der Waals surface area contributed by atoms with Gasteiger partial charge in [-0.1, -0.05) is 18.2 Å². The Bertz CT molecular complexity index is 962. The van der Waals surface area contributed by atoms with Crippen LogP contribution in [0.2, 0.25) is 0 Å². The van der Waals surface area contributed by atoms with E-state index >= 15 is 0 Å². The van der Waals surface area contributed by atoms with Gasteiger partial charge >= 0.3 is 5.97 Å². The quantitative estimate of drug-likeness (QED) is 0.0989. The highest BCUT2D eigenvalue weighted by Crippen LogP contribution is 2.30. The Morgan fingerprint density at radius 1 is 1.21 bits per heavy atom. The summed E-state index contributed by atoms with van der Waals surface area (Å²) in [6.07, 6.45) is -7.05. The van der Waals surface area contributed by atoms with Crippen LogP contribution in [0.4, 0.5) is 0 Å². The van der Waals surface area contributed by atoms with Crippen LogP contribution in [0.15, 0.2) is 42.5 Å². The number of benzene rings is 1. The Kier molecular flexibility index (Phi) is 11.7. The van der Waals surface area contributed by atoms with Crippen LogP contribution in [0.25, 0.3) is 0 Å². The van der Waals surface area contributed by atoms with E-state index in [1.165, 1.54) is 38.3 Å². The fourth-order valence-electron chi connectivity index (χ4n) is 3.61. The van der Waals surface area contributed by atoms with Crippen LogP contribution in [0.1, 0.15) is 38.4 Å². The third-order valence-corrected chi connectivity index (χ3v) is 6.25. The molecule has 12 nitrogen and oxygen atoms in total. The van der Waals surface area contributed by atoms with E-state index in [-0.39, 0.29) is 22.6 Å². The van der Waals surface area contributed by atoms with E-state index in [0.29, 0.717) is 12.8 Å². The van der Waals surface area contributed by atoms with Gasteiger partial charge in [-0.05, 0) is 44.4 Å². The van der Waals surface area contributed by atoms with Gasteiger partial charge in [0.05, 0.1) is 19.3 Å². The van der Waals surface area contributed by atoms with Crippen molar-refractivity contribution >= 4 is 5.97 Å². The van der Waals surface area contributed by atoms with Gasteiger partial charge in [0.2, 0.25) is 0 Å². The zero-order valence-electron chi connectivity index (χ0n) is 21.6. The highest BCUT2D eigenvalue weighted by molar-refractivity contribution is 5.87. The van der Waals surface area contributed by atoms with Crippen molar-refractivity contribution in [3.8, 4) is 11.5 Å². The van der Waals surface area contributed by atoms with E-state index in [0.717, 1.165) is 0 Å². The molecule has 1 aromatic rings. The summed E-state index contributed by atoms with van der Waals surface area (Å²) in [5.74, 6) is -0.775. The summed E-state index contributed by atoms with van der Waals surface area (Å²) in [5.41, 5.74) is -0.600. The molecule has 0 spiro atoms. The molecule has 2 unspecified atom stereocenters. The maximum Gasteiger partial charge on any atom is 0.333 e. The first kappa shape index (κ1) is 31.7. The van der Waals surface area contributed by atoms with Gasteiger partial charge in [-0.3, -0.25) is 0 Å². The molecule has 12 heteroatoms. The van der Waals surface area contributed by atoms with Crippen LogP contribution >= 0.6 is 0 Å². The van der Waals surface area contributed by atoms with Gasteiger partial charge in [-0.2, -0.15) is 0 Å². The first-order chi connectivity index (χ1) is 17.8. The molecule has 0 amide bonds. The molecule has 1 saturated heterocycles. The van der Waals surface area contributed by atoms with Crippen LogP contribution in [0, 0.1) is 0 Å². The molecular weight excluding hydrogens is 504 g/mol. The topological polar surface area (TPSA) is 196 Å². The van der Waals surface area contributed by atoms with Crippen molar-refractivity contribution < 1.29 is 59.5 Å². The molecule has 1 fully saturated rings. The number of hydrogen-bond donors (Lipinski definition) is 7. The maximum absolute atomic E-state index is 12.3. The molecule has 1 heterocycles. The van der Waals surface area contributed by atoms with Crippen LogP contribution in [-0.4, -0.2) is 104 Å². The summed E-state index contributed by atoms with van der Waals surface area (Å²) in [6, 6.07) is 3.99. The lowest BCUT2D eigenvalue weighted by Crippen LogP contribution is -2.59. The molecule has 1 aromatic carbocycles. The van der Waals surface area contributed by atoms with Crippen molar-refractivity contribution in [1.29, 1.82) is 0 Å². The number of hydrogen-bond acceptors (Lipinski definition) is 12. The Balaban J connectivity index is 1.94. The second-order valence-corrected chi connectivity index (χ2v) is 9.38. The fraction of sp³-hybridized carbons (Fsp3) is 0.577. The van der Waals surface area contributed by atoms with E-state index in [9.17, 15) is 40.5 Å². The molecule has 1 aliphatic heterocycles. The number of carbonyl (C=O) groups excluding carboxylic acids is 1. The smallest absolute Gasteiger partial charge is 0.333 e. The number of carbonyl (C=O) groups is 1. The van der Waals surface area contributed by atoms with E-state index in [1.54, 1.807) is 13.0 Å². The van der Waals surface area contributed by atoms with Crippen molar-refractivity contribution in [3.63, 3.8) is 0 Å². The Labute approximate surface area is 221 Å². The van der Waals surface area contributed by atoms with E-state index in [2.05, 4.69) is 6.58 Å². The highest BCUT2D eigenvalue weighted by atomic mass is 16.7. The zero-order chi connectivity index (χ0) is 28.6. The predicted molar refractivity (Wildman–Crippen MR) is 133 cm³/mol. The number of rotatable bonds is 13. The Morgan fingerprint density at radius 2 is 1.89 bits per heavy atom. The second kappa shape index (κ2) is 14.0. The van der Waals surface area contributed by atoms with Crippen molar-refractivity contribution in [1.82, 2.24) is 0 Å². The second-order valence-electron chi connectivity index (χ2n) is 9.38. The molecular formula is C26H38O12. The summed E-state index contributed by atoms with van der Waals surface area (Å²) in [4.78, 5) is 12.3. The average Bonchev–Trinajstić information content (AvgIpc) is 2.90. The number of aliphatic hydroxyl groups is 6. The minimum Gasteiger partial charge on any atom is -0.504 e. The van der Waals surface area contributed by atoms with Crippen LogP contribution in [-0.2, 0) is 19.0 Å². The van der Waals surface area contributed by atoms with Gasteiger partial charge in [0.15, 0.2) is 17.8 Å². The zero-order valence-corrected chi connectivity index (χ0v) is 21.6. The predicted octanol–water partition coefficient (Wildman–Crippen LogP) is -0.174. The van der Waals surface area contributed by atoms with Gasteiger partial charge < -0.3 is 54.7 Å². The summed E-state index contributed by atoms with van der Waals surface area (Å²) in [6.45, 7) is 5.63. The lowest BCUT2D eigenvalue weighted by molar-refractivity contribution is -0.306. The molecule has 1 aliphatic rings. The number of esters is 1. The van der Waals surface area contributed by atoms with Crippen LogP contribution < -0.4 is 4.74 Å². The monoisotopic (exact) mass is 542 g/mol. The third-order valence-electron chi connectivity index (χ3n) is 6.25. The van der Waals surface area contributed by atoms with E-state index in [1.807, 2.05) is 0 Å². The first-order valence-corrected chi connectivity index (χ1v) is 12.1. The standard InChI is InChI=1S/C26H38O12/c1-5-26(3,34)10-6-7-14(2)24(33)36-13-19-21(30)22(31)23(32)25(38-19)37-12-17(28)20(29)15-8-9-16(27)18(11-15)35-4/h5,7-9,11,17,19-23,25,27-32,34H,1,6,10,12-13H2,2-4H3/b14-7+/t17?,19-,20?,21-,22+,23-,25-,26-/m1/s1. The van der Waals surface area contributed by atoms with Gasteiger partial charge in [-0.15, -0.1) is 6.58 Å². The van der Waals surface area contributed by atoms with Gasteiger partial charge in [-0.25, -0.2) is 4.79 Å². The number of ether oxygens (including phenoxy) is 4. The minimum atomic E-state index is -1.71. The molecule has 214 valence electrons. The van der Waals surface area contributed by atoms with Crippen LogP contribution in [0.3, 0.4) is 0 Å². The maximum atomic E-state index is 12.3. The summed E-state index contributed by atoms with van der Waals surface area (Å²) in [7, 11) is 1.33. The third kappa shape index (κ3) is 8.48. The molecule has 0 aromatic heterocycles. The molecule has 2 rings (SSSR count). The first-order valence-electron chi connectivity index (χ1n) is 12.1. The molecule has 8 atom stereocenters. The van der Waals surface area contributed by atoms with Crippen molar-refractivity contribution in [2.75, 3.05) is 20.3 Å². The number of phenols is 1. The average molecular weight is 543 g/mol. The number of phenolic OH excluding ortho intramolecular Hbond substituents is 1. The molecule has 0 aliphatic carbocycles. The van der Waals surface area contributed by atoms with Crippen molar-refractivity contribution in [2.24, 2.45) is 0 Å². The number of methoxy groups -OCH3 is 1. The normalized spacial score (nSPS) is 27.2. The SMILES string of the molecule is C=C[C@@](C)(O)CC/C=C(\C)C(=O)OC[C@H]1O[C@@H](OCC(O)C(O)c2ccc(O)c(OC)c2)[C@H](O)[C@@H](O)[C@@H]1O. The lowest BCUT2D eigenvalue weighted by atomic mass is 9.99. The molecule has 7 N–H and O–H groups in total. The van der Waals surface area contributed by atoms with E-state index < -0.39 is 67.7 Å². The van der Waals surface area contributed by atoms with Gasteiger partial charge in [0.25, 0.3) is 0 Å². The highest BCUT2D eigenvalue weighted by Gasteiger charge is 2.45. The number of aromatic hydroxyl groups is 1. The summed E-state index contributed by atoms with van der Waals surface area (Å²) in [5, 5.41) is 71.1. The summed E-state index contributed by atoms with van der Waals surface area (Å²) >= 11 is 0. The molecule has 0 bridgehead atoms. The fourth-order valence-corrected chi connectivity index (χ4v) is 3.61. The van der Waals surface area contributed by atoms with Gasteiger partial charge in [0.1, 0.15) is 43.2 Å². The Hall–Kier alpha value is -2.55. The van der Waals surface area contributed by atoms with Crippen molar-refractivity contribution in [3.05, 3.63) is 48.1 Å².